The summed E-state index contributed by atoms with van der Waals surface area (Å²) in [6.45, 7) is 0.343. The van der Waals surface area contributed by atoms with Crippen LogP contribution in [0.4, 0.5) is 10.1 Å². The molecule has 0 radical (unpaired) electrons. The highest BCUT2D eigenvalue weighted by Gasteiger charge is 2.34. The van der Waals surface area contributed by atoms with Crippen molar-refractivity contribution in [3.8, 4) is 5.75 Å². The molecule has 1 heterocycles. The van der Waals surface area contributed by atoms with Gasteiger partial charge in [-0.25, -0.2) is 12.8 Å². The van der Waals surface area contributed by atoms with Crippen LogP contribution in [-0.2, 0) is 21.2 Å². The van der Waals surface area contributed by atoms with Gasteiger partial charge >= 0.3 is 0 Å². The zero-order valence-corrected chi connectivity index (χ0v) is 15.7. The van der Waals surface area contributed by atoms with Crippen LogP contribution < -0.4 is 14.4 Å². The van der Waals surface area contributed by atoms with Crippen LogP contribution in [0, 0.1) is 5.82 Å². The van der Waals surface area contributed by atoms with Crippen LogP contribution in [-0.4, -0.2) is 39.8 Å². The predicted molar refractivity (Wildman–Crippen MR) is 101 cm³/mol. The van der Waals surface area contributed by atoms with Crippen molar-refractivity contribution >= 4 is 21.6 Å². The number of fused-ring (bicyclic) bond motifs is 1. The van der Waals surface area contributed by atoms with Crippen LogP contribution in [0.5, 0.6) is 5.75 Å². The van der Waals surface area contributed by atoms with Gasteiger partial charge in [-0.1, -0.05) is 24.3 Å². The first kappa shape index (κ1) is 19.2. The summed E-state index contributed by atoms with van der Waals surface area (Å²) in [4.78, 5) is 12.4. The van der Waals surface area contributed by atoms with Crippen molar-refractivity contribution < 1.29 is 22.3 Å². The number of nitrogens with zero attached hydrogens (tertiary/aromatic N) is 1. The minimum absolute atomic E-state index is 0.0698. The molecule has 2 aromatic rings. The highest BCUT2D eigenvalue weighted by molar-refractivity contribution is 7.92. The van der Waals surface area contributed by atoms with E-state index in [0.717, 1.165) is 11.8 Å². The van der Waals surface area contributed by atoms with Gasteiger partial charge in [0.2, 0.25) is 10.0 Å². The molecule has 0 unspecified atom stereocenters. The summed E-state index contributed by atoms with van der Waals surface area (Å²) >= 11 is 0. The fraction of sp³-hybridized carbons (Fsp3) is 0.316. The molecule has 0 aromatic heterocycles. The van der Waals surface area contributed by atoms with Crippen LogP contribution in [0.2, 0.25) is 0 Å². The summed E-state index contributed by atoms with van der Waals surface area (Å²) in [5.41, 5.74) is 1.41. The second-order valence-electron chi connectivity index (χ2n) is 6.39. The van der Waals surface area contributed by atoms with E-state index in [1.165, 1.54) is 16.4 Å². The molecular formula is C19H21FN2O4S. The third-order valence-electron chi connectivity index (χ3n) is 4.28. The van der Waals surface area contributed by atoms with E-state index in [9.17, 15) is 17.6 Å². The number of ether oxygens (including phenoxy) is 1. The molecule has 2 aromatic carbocycles. The number of carbonyl (C=O) groups is 1. The maximum absolute atomic E-state index is 12.9. The van der Waals surface area contributed by atoms with Crippen molar-refractivity contribution in [2.24, 2.45) is 0 Å². The van der Waals surface area contributed by atoms with E-state index in [-0.39, 0.29) is 18.3 Å². The Morgan fingerprint density at radius 3 is 2.63 bits per heavy atom. The molecule has 3 rings (SSSR count). The molecule has 0 spiro atoms. The van der Waals surface area contributed by atoms with Crippen LogP contribution in [0.1, 0.15) is 12.0 Å². The Hall–Kier alpha value is -2.61. The van der Waals surface area contributed by atoms with Crippen molar-refractivity contribution in [3.63, 3.8) is 0 Å². The van der Waals surface area contributed by atoms with Gasteiger partial charge in [0.25, 0.3) is 5.91 Å². The Balaban J connectivity index is 1.58. The lowest BCUT2D eigenvalue weighted by molar-refractivity contribution is -0.127. The van der Waals surface area contributed by atoms with E-state index >= 15 is 0 Å². The Morgan fingerprint density at radius 1 is 1.22 bits per heavy atom. The molecular weight excluding hydrogens is 371 g/mol. The Morgan fingerprint density at radius 2 is 1.93 bits per heavy atom. The lowest BCUT2D eigenvalue weighted by atomic mass is 10.1. The van der Waals surface area contributed by atoms with Gasteiger partial charge < -0.3 is 10.1 Å². The molecule has 6 nitrogen and oxygen atoms in total. The summed E-state index contributed by atoms with van der Waals surface area (Å²) in [6.07, 6.45) is 1.56. The van der Waals surface area contributed by atoms with Crippen molar-refractivity contribution in [1.29, 1.82) is 0 Å². The van der Waals surface area contributed by atoms with Gasteiger partial charge in [-0.2, -0.15) is 0 Å². The molecule has 1 amide bonds. The van der Waals surface area contributed by atoms with E-state index in [2.05, 4.69) is 5.32 Å². The minimum Gasteiger partial charge on any atom is -0.476 e. The molecule has 1 aliphatic rings. The van der Waals surface area contributed by atoms with E-state index in [4.69, 9.17) is 4.74 Å². The number of nitrogens with one attached hydrogen (secondary N) is 1. The first-order valence-electron chi connectivity index (χ1n) is 8.60. The van der Waals surface area contributed by atoms with Crippen LogP contribution in [0.25, 0.3) is 0 Å². The fourth-order valence-electron chi connectivity index (χ4n) is 2.92. The second kappa shape index (κ2) is 7.96. The molecule has 0 aliphatic carbocycles. The SMILES string of the molecule is CS(=O)(=O)N1C[C@@H](C(=O)NCCCc2ccc(F)cc2)Oc2ccccc21. The lowest BCUT2D eigenvalue weighted by Crippen LogP contribution is -2.50. The quantitative estimate of drug-likeness (QED) is 0.764. The molecule has 0 saturated heterocycles. The second-order valence-corrected chi connectivity index (χ2v) is 8.30. The van der Waals surface area contributed by atoms with Crippen molar-refractivity contribution in [1.82, 2.24) is 5.32 Å². The summed E-state index contributed by atoms with van der Waals surface area (Å²) < 4.78 is 43.9. The first-order valence-corrected chi connectivity index (χ1v) is 10.4. The zero-order valence-electron chi connectivity index (χ0n) is 14.9. The zero-order chi connectivity index (χ0) is 19.4. The van der Waals surface area contributed by atoms with Gasteiger partial charge in [-0.15, -0.1) is 0 Å². The van der Waals surface area contributed by atoms with Gasteiger partial charge in [-0.05, 0) is 42.7 Å². The number of benzene rings is 2. The molecule has 8 heteroatoms. The smallest absolute Gasteiger partial charge is 0.263 e. The molecule has 0 fully saturated rings. The largest absolute Gasteiger partial charge is 0.476 e. The number of hydrogen-bond donors (Lipinski definition) is 1. The van der Waals surface area contributed by atoms with E-state index in [1.807, 2.05) is 0 Å². The van der Waals surface area contributed by atoms with Crippen LogP contribution in [0.3, 0.4) is 0 Å². The molecule has 0 saturated carbocycles. The van der Waals surface area contributed by atoms with Crippen molar-refractivity contribution in [2.45, 2.75) is 18.9 Å². The third kappa shape index (κ3) is 4.77. The van der Waals surface area contributed by atoms with Crippen LogP contribution in [0.15, 0.2) is 48.5 Å². The van der Waals surface area contributed by atoms with Gasteiger partial charge in [0.15, 0.2) is 6.10 Å². The van der Waals surface area contributed by atoms with Gasteiger partial charge in [0.05, 0.1) is 18.5 Å². The number of amides is 1. The number of para-hydroxylation sites is 2. The van der Waals surface area contributed by atoms with E-state index in [0.29, 0.717) is 30.8 Å². The number of hydrogen-bond acceptors (Lipinski definition) is 4. The van der Waals surface area contributed by atoms with Crippen molar-refractivity contribution in [3.05, 3.63) is 59.9 Å². The van der Waals surface area contributed by atoms with Gasteiger partial charge in [0.1, 0.15) is 11.6 Å². The normalized spacial score (nSPS) is 16.4. The van der Waals surface area contributed by atoms with Gasteiger partial charge in [0, 0.05) is 6.54 Å². The average molecular weight is 392 g/mol. The molecule has 0 bridgehead atoms. The molecule has 1 aliphatic heterocycles. The van der Waals surface area contributed by atoms with Crippen molar-refractivity contribution in [2.75, 3.05) is 23.7 Å². The number of carbonyl (C=O) groups excluding carboxylic acids is 1. The summed E-state index contributed by atoms with van der Waals surface area (Å²) in [5, 5.41) is 2.78. The van der Waals surface area contributed by atoms with E-state index in [1.54, 1.807) is 36.4 Å². The van der Waals surface area contributed by atoms with E-state index < -0.39 is 16.1 Å². The molecule has 144 valence electrons. The number of rotatable bonds is 6. The summed E-state index contributed by atoms with van der Waals surface area (Å²) in [5.74, 6) is -0.282. The summed E-state index contributed by atoms with van der Waals surface area (Å²) in [6, 6.07) is 13.0. The highest BCUT2D eigenvalue weighted by atomic mass is 32.2. The van der Waals surface area contributed by atoms with Crippen LogP contribution >= 0.6 is 0 Å². The lowest BCUT2D eigenvalue weighted by Gasteiger charge is -2.33. The maximum atomic E-state index is 12.9. The molecule has 1 atom stereocenters. The number of anilines is 1. The predicted octanol–water partition coefficient (Wildman–Crippen LogP) is 2.10. The standard InChI is InChI=1S/C19H21FN2O4S/c1-27(24,25)22-13-18(26-17-7-3-2-6-16(17)22)19(23)21-12-4-5-14-8-10-15(20)11-9-14/h2-3,6-11,18H,4-5,12-13H2,1H3,(H,21,23)/t18-/m0/s1. The Labute approximate surface area is 158 Å². The highest BCUT2D eigenvalue weighted by Crippen LogP contribution is 2.34. The number of halogens is 1. The first-order chi connectivity index (χ1) is 12.8. The molecule has 27 heavy (non-hydrogen) atoms. The monoisotopic (exact) mass is 392 g/mol. The topological polar surface area (TPSA) is 75.7 Å². The Kier molecular flexibility index (Phi) is 5.65. The summed E-state index contributed by atoms with van der Waals surface area (Å²) in [7, 11) is -3.53. The fourth-order valence-corrected chi connectivity index (χ4v) is 3.84. The average Bonchev–Trinajstić information content (AvgIpc) is 2.64. The number of sulfonamides is 1. The maximum Gasteiger partial charge on any atom is 0.263 e. The minimum atomic E-state index is -3.53. The van der Waals surface area contributed by atoms with Gasteiger partial charge in [-0.3, -0.25) is 9.10 Å². The number of aryl methyl sites for hydroxylation is 1. The Bertz CT molecular complexity index is 916. The third-order valence-corrected chi connectivity index (χ3v) is 5.43. The molecule has 1 N–H and O–H groups in total.